The van der Waals surface area contributed by atoms with Crippen LogP contribution in [0.3, 0.4) is 0 Å². The van der Waals surface area contributed by atoms with Crippen LogP contribution in [0.4, 0.5) is 5.69 Å². The Balaban J connectivity index is 1.14. The number of carbonyl (C=O) groups excluding carboxylic acids is 4. The van der Waals surface area contributed by atoms with Gasteiger partial charge in [0.2, 0.25) is 0 Å². The van der Waals surface area contributed by atoms with Crippen molar-refractivity contribution in [2.75, 3.05) is 4.90 Å². The largest absolute Gasteiger partial charge is 0.457 e. The van der Waals surface area contributed by atoms with E-state index in [9.17, 15) is 38.4 Å². The normalized spacial score (nSPS) is 12.7. The number of amides is 2. The van der Waals surface area contributed by atoms with Crippen LogP contribution in [0.5, 0.6) is 11.5 Å². The van der Waals surface area contributed by atoms with Crippen LogP contribution >= 0.6 is 0 Å². The second kappa shape index (κ2) is 10.2. The Hall–Kier alpha value is -6.56. The number of imide groups is 1. The summed E-state index contributed by atoms with van der Waals surface area (Å²) in [6, 6.07) is 17.3. The highest BCUT2D eigenvalue weighted by atomic mass is 16.5. The van der Waals surface area contributed by atoms with Crippen molar-refractivity contribution in [1.82, 2.24) is 9.13 Å². The van der Waals surface area contributed by atoms with E-state index in [2.05, 4.69) is 0 Å². The van der Waals surface area contributed by atoms with Crippen molar-refractivity contribution in [1.29, 1.82) is 0 Å². The van der Waals surface area contributed by atoms with E-state index < -0.39 is 45.6 Å². The zero-order valence-electron chi connectivity index (χ0n) is 24.9. The highest BCUT2D eigenvalue weighted by molar-refractivity contribution is 6.35. The summed E-state index contributed by atoms with van der Waals surface area (Å²) in [7, 11) is 1.33. The summed E-state index contributed by atoms with van der Waals surface area (Å²) in [5.41, 5.74) is -1.65. The Bertz CT molecular complexity index is 2490. The van der Waals surface area contributed by atoms with Gasteiger partial charge in [0.05, 0.1) is 44.0 Å². The number of carbonyl (C=O) groups is 4. The highest BCUT2D eigenvalue weighted by Gasteiger charge is 2.38. The average Bonchev–Trinajstić information content (AvgIpc) is 3.54. The number of anilines is 1. The van der Waals surface area contributed by atoms with E-state index in [-0.39, 0.29) is 55.2 Å². The second-order valence-electron chi connectivity index (χ2n) is 11.1. The number of ketones is 2. The molecule has 0 unspecified atom stereocenters. The fourth-order valence-electron chi connectivity index (χ4n) is 5.90. The molecule has 7 rings (SSSR count). The first-order valence-corrected chi connectivity index (χ1v) is 14.2. The molecule has 0 bridgehead atoms. The number of aromatic nitrogens is 2. The fraction of sp³-hybridized carbons (Fsp3) is 0.0857. The Morgan fingerprint density at radius 3 is 1.32 bits per heavy atom. The molecule has 0 saturated carbocycles. The van der Waals surface area contributed by atoms with E-state index in [1.54, 1.807) is 0 Å². The van der Waals surface area contributed by atoms with Crippen LogP contribution in [0, 0.1) is 0 Å². The SMILES string of the molecule is CC(=O)c1cc2c(cc1C(C)=O)C(=O)N(c1ccc(Oc3ccc(-n4c(=O)c5cc6c(=O)n(C)c(=O)c6cc5c4=O)cc3)cc1)C2=O. The van der Waals surface area contributed by atoms with Crippen molar-refractivity contribution in [3.63, 3.8) is 0 Å². The molecule has 230 valence electrons. The third kappa shape index (κ3) is 4.30. The van der Waals surface area contributed by atoms with E-state index in [1.807, 2.05) is 0 Å². The second-order valence-corrected chi connectivity index (χ2v) is 11.1. The summed E-state index contributed by atoms with van der Waals surface area (Å²) in [6.45, 7) is 2.56. The summed E-state index contributed by atoms with van der Waals surface area (Å²) in [5.74, 6) is -1.36. The molecule has 2 amide bonds. The molecule has 47 heavy (non-hydrogen) atoms. The number of rotatable bonds is 6. The maximum absolute atomic E-state index is 13.2. The van der Waals surface area contributed by atoms with Gasteiger partial charge in [-0.15, -0.1) is 0 Å². The minimum absolute atomic E-state index is 0.0299. The van der Waals surface area contributed by atoms with Gasteiger partial charge in [0.1, 0.15) is 11.5 Å². The number of hydrogen-bond donors (Lipinski definition) is 0. The van der Waals surface area contributed by atoms with Gasteiger partial charge in [0.25, 0.3) is 34.1 Å². The summed E-state index contributed by atoms with van der Waals surface area (Å²) < 4.78 is 7.77. The molecular weight excluding hydrogens is 606 g/mol. The van der Waals surface area contributed by atoms with Gasteiger partial charge in [-0.25, -0.2) is 9.47 Å². The van der Waals surface area contributed by atoms with E-state index in [1.165, 1.54) is 93.7 Å². The van der Waals surface area contributed by atoms with Gasteiger partial charge in [-0.1, -0.05) is 0 Å². The molecule has 12 heteroatoms. The molecule has 4 aromatic carbocycles. The van der Waals surface area contributed by atoms with Crippen molar-refractivity contribution in [2.45, 2.75) is 13.8 Å². The predicted molar refractivity (Wildman–Crippen MR) is 171 cm³/mol. The molecule has 0 atom stereocenters. The Kier molecular flexibility index (Phi) is 6.35. The van der Waals surface area contributed by atoms with Gasteiger partial charge < -0.3 is 4.74 Å². The molecule has 0 fully saturated rings. The third-order valence-electron chi connectivity index (χ3n) is 8.30. The number of benzene rings is 4. The van der Waals surface area contributed by atoms with Crippen LogP contribution in [0.1, 0.15) is 55.3 Å². The molecule has 0 spiro atoms. The average molecular weight is 628 g/mol. The van der Waals surface area contributed by atoms with Gasteiger partial charge in [-0.2, -0.15) is 0 Å². The number of nitrogens with zero attached hydrogens (tertiary/aromatic N) is 3. The Morgan fingerprint density at radius 2 is 0.915 bits per heavy atom. The topological polar surface area (TPSA) is 159 Å². The summed E-state index contributed by atoms with van der Waals surface area (Å²) in [5, 5.41) is 0.201. The maximum atomic E-state index is 13.2. The van der Waals surface area contributed by atoms with Gasteiger partial charge in [0, 0.05) is 18.2 Å². The van der Waals surface area contributed by atoms with E-state index in [4.69, 9.17) is 4.74 Å². The fourth-order valence-corrected chi connectivity index (χ4v) is 5.90. The van der Waals surface area contributed by atoms with Gasteiger partial charge in [-0.3, -0.25) is 42.9 Å². The van der Waals surface area contributed by atoms with Gasteiger partial charge in [-0.05, 0) is 86.6 Å². The number of fused-ring (bicyclic) bond motifs is 3. The summed E-state index contributed by atoms with van der Waals surface area (Å²) >= 11 is 0. The number of Topliss-reactive ketones (excluding diaryl/α,β-unsaturated/α-hetero) is 2. The Labute approximate surface area is 263 Å². The van der Waals surface area contributed by atoms with Crippen LogP contribution in [-0.4, -0.2) is 32.5 Å². The van der Waals surface area contributed by atoms with Crippen molar-refractivity contribution in [3.05, 3.63) is 136 Å². The smallest absolute Gasteiger partial charge is 0.266 e. The lowest BCUT2D eigenvalue weighted by molar-refractivity contribution is 0.0924. The first-order valence-electron chi connectivity index (χ1n) is 14.2. The summed E-state index contributed by atoms with van der Waals surface area (Å²) in [4.78, 5) is 103. The molecule has 0 radical (unpaired) electrons. The molecule has 6 aromatic rings. The van der Waals surface area contributed by atoms with Crippen molar-refractivity contribution in [3.8, 4) is 17.2 Å². The van der Waals surface area contributed by atoms with Crippen LogP contribution in [0.15, 0.2) is 92.0 Å². The van der Waals surface area contributed by atoms with Crippen LogP contribution in [0.25, 0.3) is 27.2 Å². The maximum Gasteiger partial charge on any atom is 0.266 e. The standard InChI is InChI=1S/C35H21N3O9/c1-16(39)22-12-26-27(13-23(22)17(2)40)33(44)37(32(26)43)18-4-8-20(9-5-18)47-21-10-6-19(7-11-21)38-34(45)28-14-24-25(15-29(28)35(38)46)31(42)36(3)30(24)41/h4-15H,1-3H3. The molecule has 3 heterocycles. The molecule has 1 aliphatic rings. The molecule has 1 aliphatic heterocycles. The van der Waals surface area contributed by atoms with Crippen molar-refractivity contribution >= 4 is 50.6 Å². The van der Waals surface area contributed by atoms with Gasteiger partial charge in [0.15, 0.2) is 11.6 Å². The zero-order chi connectivity index (χ0) is 33.5. The molecule has 2 aromatic heterocycles. The van der Waals surface area contributed by atoms with Crippen molar-refractivity contribution < 1.29 is 23.9 Å². The van der Waals surface area contributed by atoms with E-state index in [0.29, 0.717) is 11.5 Å². The first kappa shape index (κ1) is 29.2. The van der Waals surface area contributed by atoms with E-state index in [0.717, 1.165) is 14.0 Å². The number of hydrogen-bond acceptors (Lipinski definition) is 9. The lowest BCUT2D eigenvalue weighted by Gasteiger charge is -2.14. The zero-order valence-corrected chi connectivity index (χ0v) is 24.9. The molecular formula is C35H21N3O9. The van der Waals surface area contributed by atoms with Crippen LogP contribution in [-0.2, 0) is 7.05 Å². The lowest BCUT2D eigenvalue weighted by atomic mass is 9.95. The minimum Gasteiger partial charge on any atom is -0.457 e. The predicted octanol–water partition coefficient (Wildman–Crippen LogP) is 3.44. The molecule has 0 N–H and O–H groups in total. The summed E-state index contributed by atoms with van der Waals surface area (Å²) in [6.07, 6.45) is 0. The molecule has 12 nitrogen and oxygen atoms in total. The third-order valence-corrected chi connectivity index (χ3v) is 8.30. The van der Waals surface area contributed by atoms with Crippen molar-refractivity contribution in [2.24, 2.45) is 7.05 Å². The minimum atomic E-state index is -0.630. The van der Waals surface area contributed by atoms with E-state index >= 15 is 0 Å². The molecule has 0 aliphatic carbocycles. The highest BCUT2D eigenvalue weighted by Crippen LogP contribution is 2.33. The monoisotopic (exact) mass is 627 g/mol. The number of ether oxygens (including phenoxy) is 1. The lowest BCUT2D eigenvalue weighted by Crippen LogP contribution is -2.29. The molecule has 0 saturated heterocycles. The van der Waals surface area contributed by atoms with Crippen LogP contribution in [0.2, 0.25) is 0 Å². The van der Waals surface area contributed by atoms with Crippen LogP contribution < -0.4 is 31.9 Å². The first-order chi connectivity index (χ1) is 22.4. The van der Waals surface area contributed by atoms with Gasteiger partial charge >= 0.3 is 0 Å². The quantitative estimate of drug-likeness (QED) is 0.199. The Morgan fingerprint density at radius 1 is 0.532 bits per heavy atom.